The summed E-state index contributed by atoms with van der Waals surface area (Å²) in [4.78, 5) is 23.0. The van der Waals surface area contributed by atoms with Crippen LogP contribution in [-0.2, 0) is 4.79 Å². The number of hydrogen-bond donors (Lipinski definition) is 0. The quantitative estimate of drug-likeness (QED) is 0.481. The molecule has 114 valence electrons. The number of rotatable bonds is 5. The molecule has 0 atom stereocenters. The highest BCUT2D eigenvalue weighted by atomic mass is 16.6. The molecule has 0 fully saturated rings. The number of hydrogen-bond acceptors (Lipinski definition) is 4. The normalized spacial score (nSPS) is 10.1. The lowest BCUT2D eigenvalue weighted by Crippen LogP contribution is -2.18. The van der Waals surface area contributed by atoms with Crippen LogP contribution in [0, 0.1) is 13.8 Å². The fraction of sp³-hybridized carbons (Fsp3) is 0.222. The molecule has 22 heavy (non-hydrogen) atoms. The molecule has 0 bridgehead atoms. The molecule has 0 unspecified atom stereocenters. The molecule has 2 aromatic carbocycles. The molecule has 0 spiro atoms. The lowest BCUT2D eigenvalue weighted by atomic mass is 10.1. The van der Waals surface area contributed by atoms with E-state index in [1.807, 2.05) is 32.0 Å². The predicted octanol–water partition coefficient (Wildman–Crippen LogP) is 3.49. The number of carbonyl (C=O) groups is 2. The van der Waals surface area contributed by atoms with E-state index in [1.165, 1.54) is 6.92 Å². The first-order chi connectivity index (χ1) is 10.5. The molecule has 0 aromatic heterocycles. The number of carbonyl (C=O) groups excluding carboxylic acids is 2. The molecule has 0 heterocycles. The SMILES string of the molecule is CC(=O)c1ccc(OC(=O)COc2cc(C)ccc2C)cc1. The van der Waals surface area contributed by atoms with Crippen LogP contribution in [0.25, 0.3) is 0 Å². The Morgan fingerprint density at radius 2 is 1.68 bits per heavy atom. The van der Waals surface area contributed by atoms with Crippen LogP contribution in [0.1, 0.15) is 28.4 Å². The van der Waals surface area contributed by atoms with Crippen LogP contribution in [0.2, 0.25) is 0 Å². The molecule has 0 aliphatic rings. The summed E-state index contributed by atoms with van der Waals surface area (Å²) in [7, 11) is 0. The first-order valence-electron chi connectivity index (χ1n) is 6.97. The third kappa shape index (κ3) is 4.19. The Morgan fingerprint density at radius 3 is 2.32 bits per heavy atom. The lowest BCUT2D eigenvalue weighted by molar-refractivity contribution is -0.136. The Bertz CT molecular complexity index is 687. The van der Waals surface area contributed by atoms with E-state index in [2.05, 4.69) is 0 Å². The topological polar surface area (TPSA) is 52.6 Å². The maximum absolute atomic E-state index is 11.8. The minimum absolute atomic E-state index is 0.0314. The van der Waals surface area contributed by atoms with Crippen molar-refractivity contribution in [2.24, 2.45) is 0 Å². The summed E-state index contributed by atoms with van der Waals surface area (Å²) in [6.45, 7) is 5.19. The summed E-state index contributed by atoms with van der Waals surface area (Å²) >= 11 is 0. The van der Waals surface area contributed by atoms with Gasteiger partial charge in [0.15, 0.2) is 12.4 Å². The fourth-order valence-corrected chi connectivity index (χ4v) is 1.92. The molecule has 0 saturated carbocycles. The van der Waals surface area contributed by atoms with Crippen molar-refractivity contribution in [3.05, 3.63) is 59.2 Å². The van der Waals surface area contributed by atoms with E-state index in [-0.39, 0.29) is 12.4 Å². The highest BCUT2D eigenvalue weighted by molar-refractivity contribution is 5.94. The van der Waals surface area contributed by atoms with E-state index in [0.29, 0.717) is 17.1 Å². The molecule has 0 aliphatic carbocycles. The van der Waals surface area contributed by atoms with Crippen LogP contribution in [0.4, 0.5) is 0 Å². The minimum atomic E-state index is -0.489. The first-order valence-corrected chi connectivity index (χ1v) is 6.97. The predicted molar refractivity (Wildman–Crippen MR) is 83.5 cm³/mol. The third-order valence-corrected chi connectivity index (χ3v) is 3.18. The molecule has 4 nitrogen and oxygen atoms in total. The van der Waals surface area contributed by atoms with Crippen molar-refractivity contribution in [3.63, 3.8) is 0 Å². The van der Waals surface area contributed by atoms with Gasteiger partial charge in [-0.25, -0.2) is 4.79 Å². The average Bonchev–Trinajstić information content (AvgIpc) is 2.49. The van der Waals surface area contributed by atoms with E-state index in [4.69, 9.17) is 9.47 Å². The van der Waals surface area contributed by atoms with Crippen LogP contribution >= 0.6 is 0 Å². The second-order valence-corrected chi connectivity index (χ2v) is 5.11. The number of ketones is 1. The van der Waals surface area contributed by atoms with Crippen molar-refractivity contribution in [1.29, 1.82) is 0 Å². The minimum Gasteiger partial charge on any atom is -0.482 e. The molecule has 0 amide bonds. The molecule has 0 radical (unpaired) electrons. The Balaban J connectivity index is 1.92. The van der Waals surface area contributed by atoms with Crippen molar-refractivity contribution < 1.29 is 19.1 Å². The summed E-state index contributed by atoms with van der Waals surface area (Å²) < 4.78 is 10.7. The Kier molecular flexibility index (Phi) is 4.94. The van der Waals surface area contributed by atoms with Crippen LogP contribution in [0.15, 0.2) is 42.5 Å². The zero-order chi connectivity index (χ0) is 16.1. The summed E-state index contributed by atoms with van der Waals surface area (Å²) in [5.41, 5.74) is 2.60. The molecular weight excluding hydrogens is 280 g/mol. The van der Waals surface area contributed by atoms with Gasteiger partial charge >= 0.3 is 5.97 Å². The number of ether oxygens (including phenoxy) is 2. The molecule has 0 saturated heterocycles. The Hall–Kier alpha value is -2.62. The number of esters is 1. The summed E-state index contributed by atoms with van der Waals surface area (Å²) in [6.07, 6.45) is 0. The van der Waals surface area contributed by atoms with Gasteiger partial charge in [0.1, 0.15) is 11.5 Å². The molecule has 2 aromatic rings. The van der Waals surface area contributed by atoms with Crippen molar-refractivity contribution in [3.8, 4) is 11.5 Å². The van der Waals surface area contributed by atoms with Crippen LogP contribution in [0.5, 0.6) is 11.5 Å². The van der Waals surface area contributed by atoms with Crippen molar-refractivity contribution in [2.45, 2.75) is 20.8 Å². The van der Waals surface area contributed by atoms with E-state index < -0.39 is 5.97 Å². The number of aryl methyl sites for hydroxylation is 2. The lowest BCUT2D eigenvalue weighted by Gasteiger charge is -2.10. The molecular formula is C18H18O4. The highest BCUT2D eigenvalue weighted by Crippen LogP contribution is 2.19. The van der Waals surface area contributed by atoms with E-state index in [0.717, 1.165) is 11.1 Å². The maximum atomic E-state index is 11.8. The van der Waals surface area contributed by atoms with Gasteiger partial charge in [0.25, 0.3) is 0 Å². The van der Waals surface area contributed by atoms with Crippen LogP contribution in [-0.4, -0.2) is 18.4 Å². The second kappa shape index (κ2) is 6.89. The van der Waals surface area contributed by atoms with Crippen molar-refractivity contribution in [1.82, 2.24) is 0 Å². The van der Waals surface area contributed by atoms with Crippen molar-refractivity contribution in [2.75, 3.05) is 6.61 Å². The van der Waals surface area contributed by atoms with Gasteiger partial charge in [-0.3, -0.25) is 4.79 Å². The first kappa shape index (κ1) is 15.8. The Labute approximate surface area is 129 Å². The smallest absolute Gasteiger partial charge is 0.349 e. The second-order valence-electron chi connectivity index (χ2n) is 5.11. The van der Waals surface area contributed by atoms with Gasteiger partial charge in [-0.05, 0) is 62.2 Å². The molecule has 2 rings (SSSR count). The standard InChI is InChI=1S/C18H18O4/c1-12-4-5-13(2)17(10-12)21-11-18(20)22-16-8-6-15(7-9-16)14(3)19/h4-10H,11H2,1-3H3. The van der Waals surface area contributed by atoms with Gasteiger partial charge in [0, 0.05) is 5.56 Å². The number of Topliss-reactive ketones (excluding diaryl/α,β-unsaturated/α-hetero) is 1. The summed E-state index contributed by atoms with van der Waals surface area (Å²) in [5, 5.41) is 0. The molecule has 0 N–H and O–H groups in total. The van der Waals surface area contributed by atoms with E-state index >= 15 is 0 Å². The van der Waals surface area contributed by atoms with Gasteiger partial charge in [0.05, 0.1) is 0 Å². The molecule has 0 aliphatic heterocycles. The average molecular weight is 298 g/mol. The van der Waals surface area contributed by atoms with Crippen LogP contribution in [0.3, 0.4) is 0 Å². The Morgan fingerprint density at radius 1 is 1.00 bits per heavy atom. The maximum Gasteiger partial charge on any atom is 0.349 e. The monoisotopic (exact) mass is 298 g/mol. The van der Waals surface area contributed by atoms with Gasteiger partial charge in [-0.15, -0.1) is 0 Å². The van der Waals surface area contributed by atoms with Gasteiger partial charge in [-0.2, -0.15) is 0 Å². The van der Waals surface area contributed by atoms with Gasteiger partial charge in [0.2, 0.25) is 0 Å². The van der Waals surface area contributed by atoms with E-state index in [9.17, 15) is 9.59 Å². The van der Waals surface area contributed by atoms with E-state index in [1.54, 1.807) is 24.3 Å². The van der Waals surface area contributed by atoms with Crippen LogP contribution < -0.4 is 9.47 Å². The van der Waals surface area contributed by atoms with Gasteiger partial charge < -0.3 is 9.47 Å². The zero-order valence-corrected chi connectivity index (χ0v) is 12.9. The third-order valence-electron chi connectivity index (χ3n) is 3.18. The van der Waals surface area contributed by atoms with Crippen molar-refractivity contribution >= 4 is 11.8 Å². The summed E-state index contributed by atoms with van der Waals surface area (Å²) in [6, 6.07) is 12.2. The molecule has 4 heteroatoms. The zero-order valence-electron chi connectivity index (χ0n) is 12.9. The fourth-order valence-electron chi connectivity index (χ4n) is 1.92. The van der Waals surface area contributed by atoms with Gasteiger partial charge in [-0.1, -0.05) is 12.1 Å². The summed E-state index contributed by atoms with van der Waals surface area (Å²) in [5.74, 6) is 0.538. The largest absolute Gasteiger partial charge is 0.482 e. The number of benzene rings is 2. The highest BCUT2D eigenvalue weighted by Gasteiger charge is 2.08.